The molecule has 0 aliphatic carbocycles. The number of guanidine groups is 1. The second-order valence-electron chi connectivity index (χ2n) is 5.84. The summed E-state index contributed by atoms with van der Waals surface area (Å²) in [6.07, 6.45) is 0. The quantitative estimate of drug-likeness (QED) is 0.399. The van der Waals surface area contributed by atoms with Crippen LogP contribution in [-0.2, 0) is 5.60 Å². The Morgan fingerprint density at radius 1 is 1.13 bits per heavy atom. The molecule has 5 heteroatoms. The molecular weight excluding hydrogens is 401 g/mol. The number of rotatable bonds is 4. The van der Waals surface area contributed by atoms with Gasteiger partial charge in [-0.1, -0.05) is 36.4 Å². The largest absolute Gasteiger partial charge is 0.384 e. The third-order valence-corrected chi connectivity index (χ3v) is 3.45. The van der Waals surface area contributed by atoms with Gasteiger partial charge in [-0.25, -0.2) is 4.99 Å². The average Bonchev–Trinajstić information content (AvgIpc) is 2.45. The SMILES string of the molecule is Cc1cc(C)cc(NC(N)=NCC(C)(O)c2ccccc2)c1.I. The minimum absolute atomic E-state index is 0. The van der Waals surface area contributed by atoms with Crippen LogP contribution in [0.5, 0.6) is 0 Å². The highest BCUT2D eigenvalue weighted by Gasteiger charge is 2.22. The van der Waals surface area contributed by atoms with Gasteiger partial charge in [0.05, 0.1) is 6.54 Å². The predicted octanol–water partition coefficient (Wildman–Crippen LogP) is 3.56. The maximum absolute atomic E-state index is 10.5. The predicted molar refractivity (Wildman–Crippen MR) is 107 cm³/mol. The fraction of sp³-hybridized carbons (Fsp3) is 0.278. The average molecular weight is 425 g/mol. The molecule has 0 saturated carbocycles. The molecule has 2 aromatic rings. The summed E-state index contributed by atoms with van der Waals surface area (Å²) in [6, 6.07) is 15.6. The van der Waals surface area contributed by atoms with E-state index < -0.39 is 5.60 Å². The number of benzene rings is 2. The Morgan fingerprint density at radius 2 is 1.70 bits per heavy atom. The van der Waals surface area contributed by atoms with Gasteiger partial charge in [-0.15, -0.1) is 24.0 Å². The van der Waals surface area contributed by atoms with Gasteiger partial charge in [-0.3, -0.25) is 0 Å². The maximum atomic E-state index is 10.5. The van der Waals surface area contributed by atoms with Gasteiger partial charge in [0, 0.05) is 5.69 Å². The van der Waals surface area contributed by atoms with E-state index in [0.29, 0.717) is 5.96 Å². The standard InChI is InChI=1S/C18H23N3O.HI/c1-13-9-14(2)11-16(10-13)21-17(19)20-12-18(3,22)15-7-5-4-6-8-15;/h4-11,22H,12H2,1-3H3,(H3,19,20,21);1H. The second-order valence-corrected chi connectivity index (χ2v) is 5.84. The van der Waals surface area contributed by atoms with E-state index in [2.05, 4.69) is 16.4 Å². The van der Waals surface area contributed by atoms with Crippen molar-refractivity contribution in [3.05, 3.63) is 65.2 Å². The van der Waals surface area contributed by atoms with Gasteiger partial charge in [0.15, 0.2) is 5.96 Å². The second kappa shape index (κ2) is 8.31. The van der Waals surface area contributed by atoms with Gasteiger partial charge < -0.3 is 16.2 Å². The first-order chi connectivity index (χ1) is 10.4. The summed E-state index contributed by atoms with van der Waals surface area (Å²) in [5, 5.41) is 13.6. The van der Waals surface area contributed by atoms with E-state index in [4.69, 9.17) is 5.73 Å². The fourth-order valence-corrected chi connectivity index (χ4v) is 2.36. The summed E-state index contributed by atoms with van der Waals surface area (Å²) in [4.78, 5) is 4.26. The third-order valence-electron chi connectivity index (χ3n) is 3.45. The summed E-state index contributed by atoms with van der Waals surface area (Å²) in [7, 11) is 0. The van der Waals surface area contributed by atoms with E-state index in [9.17, 15) is 5.11 Å². The molecule has 0 amide bonds. The van der Waals surface area contributed by atoms with Crippen molar-refractivity contribution in [1.82, 2.24) is 0 Å². The van der Waals surface area contributed by atoms with Crippen molar-refractivity contribution >= 4 is 35.6 Å². The number of nitrogens with zero attached hydrogens (tertiary/aromatic N) is 1. The Morgan fingerprint density at radius 3 is 2.26 bits per heavy atom. The van der Waals surface area contributed by atoms with E-state index in [-0.39, 0.29) is 30.5 Å². The summed E-state index contributed by atoms with van der Waals surface area (Å²) in [5.41, 5.74) is 8.91. The highest BCUT2D eigenvalue weighted by atomic mass is 127. The Labute approximate surface area is 154 Å². The zero-order chi connectivity index (χ0) is 16.2. The Kier molecular flexibility index (Phi) is 7.02. The molecule has 0 bridgehead atoms. The summed E-state index contributed by atoms with van der Waals surface area (Å²) in [5.74, 6) is 0.293. The van der Waals surface area contributed by atoms with Crippen LogP contribution in [-0.4, -0.2) is 17.6 Å². The lowest BCUT2D eigenvalue weighted by atomic mass is 9.96. The molecule has 1 atom stereocenters. The molecule has 2 rings (SSSR count). The number of hydrogen-bond donors (Lipinski definition) is 3. The van der Waals surface area contributed by atoms with E-state index in [0.717, 1.165) is 22.4 Å². The maximum Gasteiger partial charge on any atom is 0.193 e. The van der Waals surface area contributed by atoms with Crippen LogP contribution < -0.4 is 11.1 Å². The van der Waals surface area contributed by atoms with E-state index in [1.165, 1.54) is 0 Å². The normalized spacial score (nSPS) is 13.8. The van der Waals surface area contributed by atoms with Crippen molar-refractivity contribution in [3.63, 3.8) is 0 Å². The van der Waals surface area contributed by atoms with Gasteiger partial charge in [-0.05, 0) is 49.6 Å². The van der Waals surface area contributed by atoms with Crippen molar-refractivity contribution in [1.29, 1.82) is 0 Å². The zero-order valence-electron chi connectivity index (χ0n) is 13.7. The molecule has 4 N–H and O–H groups in total. The van der Waals surface area contributed by atoms with Crippen LogP contribution in [0.2, 0.25) is 0 Å². The van der Waals surface area contributed by atoms with Gasteiger partial charge in [0.25, 0.3) is 0 Å². The van der Waals surface area contributed by atoms with Gasteiger partial charge in [-0.2, -0.15) is 0 Å². The topological polar surface area (TPSA) is 70.6 Å². The van der Waals surface area contributed by atoms with Crippen LogP contribution in [0.15, 0.2) is 53.5 Å². The molecule has 0 saturated heterocycles. The number of aryl methyl sites for hydroxylation is 2. The highest BCUT2D eigenvalue weighted by molar-refractivity contribution is 14.0. The lowest BCUT2D eigenvalue weighted by Crippen LogP contribution is -2.29. The molecular formula is C18H24IN3O. The highest BCUT2D eigenvalue weighted by Crippen LogP contribution is 2.20. The van der Waals surface area contributed by atoms with Crippen LogP contribution in [0.1, 0.15) is 23.6 Å². The number of hydrogen-bond acceptors (Lipinski definition) is 2. The number of nitrogens with one attached hydrogen (secondary N) is 1. The van der Waals surface area contributed by atoms with Crippen molar-refractivity contribution < 1.29 is 5.11 Å². The fourth-order valence-electron chi connectivity index (χ4n) is 2.36. The lowest BCUT2D eigenvalue weighted by molar-refractivity contribution is 0.0674. The molecule has 0 aliphatic rings. The first-order valence-corrected chi connectivity index (χ1v) is 7.30. The number of anilines is 1. The van der Waals surface area contributed by atoms with Crippen LogP contribution in [0, 0.1) is 13.8 Å². The number of halogens is 1. The van der Waals surface area contributed by atoms with Gasteiger partial charge in [0.1, 0.15) is 5.60 Å². The van der Waals surface area contributed by atoms with E-state index in [1.807, 2.05) is 56.3 Å². The van der Waals surface area contributed by atoms with Gasteiger partial charge in [0.2, 0.25) is 0 Å². The zero-order valence-corrected chi connectivity index (χ0v) is 16.0. The summed E-state index contributed by atoms with van der Waals surface area (Å²) < 4.78 is 0. The minimum Gasteiger partial charge on any atom is -0.384 e. The van der Waals surface area contributed by atoms with Crippen LogP contribution >= 0.6 is 24.0 Å². The first kappa shape index (κ1) is 19.4. The summed E-state index contributed by atoms with van der Waals surface area (Å²) >= 11 is 0. The third kappa shape index (κ3) is 5.84. The molecule has 124 valence electrons. The lowest BCUT2D eigenvalue weighted by Gasteiger charge is -2.21. The van der Waals surface area contributed by atoms with Crippen molar-refractivity contribution in [3.8, 4) is 0 Å². The number of nitrogens with two attached hydrogens (primary N) is 1. The van der Waals surface area contributed by atoms with Crippen molar-refractivity contribution in [2.45, 2.75) is 26.4 Å². The molecule has 0 spiro atoms. The van der Waals surface area contributed by atoms with Gasteiger partial charge >= 0.3 is 0 Å². The monoisotopic (exact) mass is 425 g/mol. The van der Waals surface area contributed by atoms with Crippen LogP contribution in [0.4, 0.5) is 5.69 Å². The Balaban J connectivity index is 0.00000264. The van der Waals surface area contributed by atoms with Crippen LogP contribution in [0.3, 0.4) is 0 Å². The van der Waals surface area contributed by atoms with E-state index >= 15 is 0 Å². The smallest absolute Gasteiger partial charge is 0.193 e. The molecule has 23 heavy (non-hydrogen) atoms. The van der Waals surface area contributed by atoms with Crippen molar-refractivity contribution in [2.75, 3.05) is 11.9 Å². The molecule has 0 heterocycles. The molecule has 1 unspecified atom stereocenters. The molecule has 0 fully saturated rings. The molecule has 0 aliphatic heterocycles. The Bertz CT molecular complexity index is 649. The minimum atomic E-state index is -1.05. The van der Waals surface area contributed by atoms with E-state index in [1.54, 1.807) is 6.92 Å². The molecule has 2 aromatic carbocycles. The van der Waals surface area contributed by atoms with Crippen molar-refractivity contribution in [2.24, 2.45) is 10.7 Å². The molecule has 0 radical (unpaired) electrons. The number of aliphatic imine (C=N–C) groups is 1. The first-order valence-electron chi connectivity index (χ1n) is 7.30. The molecule has 0 aromatic heterocycles. The molecule has 4 nitrogen and oxygen atoms in total. The Hall–Kier alpha value is -1.60. The summed E-state index contributed by atoms with van der Waals surface area (Å²) in [6.45, 7) is 5.99. The van der Waals surface area contributed by atoms with Crippen LogP contribution in [0.25, 0.3) is 0 Å². The number of aliphatic hydroxyl groups is 1.